The van der Waals surface area contributed by atoms with E-state index in [1.807, 2.05) is 23.5 Å². The number of hydrogen-bond donors (Lipinski definition) is 1. The van der Waals surface area contributed by atoms with Crippen LogP contribution in [0.4, 0.5) is 5.69 Å². The van der Waals surface area contributed by atoms with Gasteiger partial charge in [0, 0.05) is 33.8 Å². The summed E-state index contributed by atoms with van der Waals surface area (Å²) >= 11 is 1.81. The molecular weight excluding hydrogens is 192 g/mol. The topological polar surface area (TPSA) is 38.9 Å². The van der Waals surface area contributed by atoms with Crippen LogP contribution in [0.15, 0.2) is 30.5 Å². The molecule has 2 aromatic heterocycles. The lowest BCUT2D eigenvalue weighted by molar-refractivity contribution is 1.10. The lowest BCUT2D eigenvalue weighted by atomic mass is 10.2. The van der Waals surface area contributed by atoms with E-state index in [9.17, 15) is 0 Å². The Bertz CT molecular complexity index is 434. The summed E-state index contributed by atoms with van der Waals surface area (Å²) in [5.41, 5.74) is 7.50. The van der Waals surface area contributed by atoms with Gasteiger partial charge in [-0.3, -0.25) is 4.98 Å². The smallest absolute Gasteiger partial charge is 0.0476 e. The number of hydrogen-bond acceptors (Lipinski definition) is 3. The number of nitrogens with zero attached hydrogens (tertiary/aromatic N) is 1. The molecule has 0 spiro atoms. The first-order chi connectivity index (χ1) is 6.74. The number of nitrogen functional groups attached to an aromatic ring is 1. The van der Waals surface area contributed by atoms with Crippen LogP contribution in [0.25, 0.3) is 0 Å². The van der Waals surface area contributed by atoms with Crippen molar-refractivity contribution in [3.8, 4) is 0 Å². The summed E-state index contributed by atoms with van der Waals surface area (Å²) in [6.07, 6.45) is 2.63. The van der Waals surface area contributed by atoms with Crippen LogP contribution in [0.3, 0.4) is 0 Å². The van der Waals surface area contributed by atoms with Crippen molar-refractivity contribution >= 4 is 17.0 Å². The van der Waals surface area contributed by atoms with Crippen LogP contribution >= 0.6 is 11.3 Å². The van der Waals surface area contributed by atoms with Crippen molar-refractivity contribution in [1.29, 1.82) is 0 Å². The molecule has 0 radical (unpaired) electrons. The highest BCUT2D eigenvalue weighted by atomic mass is 32.1. The Morgan fingerprint density at radius 3 is 2.86 bits per heavy atom. The predicted octanol–water partition coefficient (Wildman–Crippen LogP) is 2.62. The first-order valence-electron chi connectivity index (χ1n) is 4.50. The molecule has 0 aromatic carbocycles. The highest BCUT2D eigenvalue weighted by Crippen LogP contribution is 2.18. The van der Waals surface area contributed by atoms with Crippen molar-refractivity contribution < 1.29 is 0 Å². The van der Waals surface area contributed by atoms with Crippen LogP contribution in [0.5, 0.6) is 0 Å². The summed E-state index contributed by atoms with van der Waals surface area (Å²) in [6.45, 7) is 2.11. The average molecular weight is 204 g/mol. The van der Waals surface area contributed by atoms with Gasteiger partial charge < -0.3 is 5.73 Å². The van der Waals surface area contributed by atoms with Crippen molar-refractivity contribution in [3.63, 3.8) is 0 Å². The van der Waals surface area contributed by atoms with E-state index >= 15 is 0 Å². The maximum atomic E-state index is 5.68. The average Bonchev–Trinajstić information content (AvgIpc) is 2.51. The summed E-state index contributed by atoms with van der Waals surface area (Å²) in [4.78, 5) is 6.94. The van der Waals surface area contributed by atoms with Gasteiger partial charge in [-0.1, -0.05) is 0 Å². The van der Waals surface area contributed by atoms with Crippen LogP contribution < -0.4 is 5.73 Å². The highest BCUT2D eigenvalue weighted by molar-refractivity contribution is 7.11. The minimum absolute atomic E-state index is 0.781. The molecule has 14 heavy (non-hydrogen) atoms. The molecule has 2 N–H and O–H groups in total. The van der Waals surface area contributed by atoms with E-state index in [0.29, 0.717) is 0 Å². The van der Waals surface area contributed by atoms with Gasteiger partial charge in [-0.15, -0.1) is 11.3 Å². The number of rotatable bonds is 2. The molecule has 0 fully saturated rings. The Morgan fingerprint density at radius 1 is 1.36 bits per heavy atom. The maximum Gasteiger partial charge on any atom is 0.0476 e. The van der Waals surface area contributed by atoms with Crippen LogP contribution in [0.2, 0.25) is 0 Å². The quantitative estimate of drug-likeness (QED) is 0.816. The SMILES string of the molecule is Cc1ccc(Cc2cc(N)ccn2)s1. The van der Waals surface area contributed by atoms with Crippen LogP contribution in [-0.4, -0.2) is 4.98 Å². The molecule has 0 unspecified atom stereocenters. The van der Waals surface area contributed by atoms with Crippen LogP contribution in [0.1, 0.15) is 15.4 Å². The standard InChI is InChI=1S/C11H12N2S/c1-8-2-3-11(14-8)7-10-6-9(12)4-5-13-10/h2-6H,7H2,1H3,(H2,12,13). The molecule has 0 atom stereocenters. The Hall–Kier alpha value is -1.35. The summed E-state index contributed by atoms with van der Waals surface area (Å²) in [6, 6.07) is 8.01. The Kier molecular flexibility index (Phi) is 2.50. The van der Waals surface area contributed by atoms with E-state index in [4.69, 9.17) is 5.73 Å². The second-order valence-electron chi connectivity index (χ2n) is 3.27. The first-order valence-corrected chi connectivity index (χ1v) is 5.31. The van der Waals surface area contributed by atoms with Gasteiger partial charge in [0.15, 0.2) is 0 Å². The number of nitrogens with two attached hydrogens (primary N) is 1. The van der Waals surface area contributed by atoms with Crippen molar-refractivity contribution in [2.24, 2.45) is 0 Å². The summed E-state index contributed by atoms with van der Waals surface area (Å²) in [5, 5.41) is 0. The molecule has 72 valence electrons. The Morgan fingerprint density at radius 2 is 2.21 bits per heavy atom. The van der Waals surface area contributed by atoms with Crippen molar-refractivity contribution in [2.45, 2.75) is 13.3 Å². The van der Waals surface area contributed by atoms with Crippen LogP contribution in [-0.2, 0) is 6.42 Å². The minimum atomic E-state index is 0.781. The number of pyridine rings is 1. The molecule has 3 heteroatoms. The van der Waals surface area contributed by atoms with E-state index in [-0.39, 0.29) is 0 Å². The normalized spacial score (nSPS) is 10.4. The molecule has 2 heterocycles. The predicted molar refractivity (Wildman–Crippen MR) is 60.5 cm³/mol. The maximum absolute atomic E-state index is 5.68. The van der Waals surface area contributed by atoms with E-state index in [1.54, 1.807) is 6.20 Å². The zero-order valence-electron chi connectivity index (χ0n) is 8.03. The lowest BCUT2D eigenvalue weighted by Gasteiger charge is -1.98. The van der Waals surface area contributed by atoms with E-state index < -0.39 is 0 Å². The summed E-state index contributed by atoms with van der Waals surface area (Å²) in [7, 11) is 0. The zero-order valence-corrected chi connectivity index (χ0v) is 8.84. The minimum Gasteiger partial charge on any atom is -0.399 e. The fourth-order valence-electron chi connectivity index (χ4n) is 1.35. The van der Waals surface area contributed by atoms with E-state index in [0.717, 1.165) is 17.8 Å². The van der Waals surface area contributed by atoms with Crippen LogP contribution in [0, 0.1) is 6.92 Å². The molecule has 0 bridgehead atoms. The largest absolute Gasteiger partial charge is 0.399 e. The van der Waals surface area contributed by atoms with E-state index in [2.05, 4.69) is 24.0 Å². The van der Waals surface area contributed by atoms with Gasteiger partial charge >= 0.3 is 0 Å². The van der Waals surface area contributed by atoms with Gasteiger partial charge in [0.2, 0.25) is 0 Å². The first kappa shape index (κ1) is 9.21. The second kappa shape index (κ2) is 3.80. The third-order valence-electron chi connectivity index (χ3n) is 1.99. The Labute approximate surface area is 87.4 Å². The molecule has 0 saturated carbocycles. The number of aromatic nitrogens is 1. The molecule has 0 aliphatic carbocycles. The van der Waals surface area contributed by atoms with Gasteiger partial charge in [0.1, 0.15) is 0 Å². The lowest BCUT2D eigenvalue weighted by Crippen LogP contribution is -1.92. The van der Waals surface area contributed by atoms with Gasteiger partial charge in [0.05, 0.1) is 0 Å². The third-order valence-corrected chi connectivity index (χ3v) is 2.99. The third kappa shape index (κ3) is 2.12. The van der Waals surface area contributed by atoms with Gasteiger partial charge in [-0.05, 0) is 31.2 Å². The summed E-state index contributed by atoms with van der Waals surface area (Å²) in [5.74, 6) is 0. The fourth-order valence-corrected chi connectivity index (χ4v) is 2.26. The number of aryl methyl sites for hydroxylation is 1. The van der Waals surface area contributed by atoms with Gasteiger partial charge in [-0.2, -0.15) is 0 Å². The second-order valence-corrected chi connectivity index (χ2v) is 4.64. The molecule has 0 amide bonds. The van der Waals surface area contributed by atoms with Crippen molar-refractivity contribution in [3.05, 3.63) is 45.9 Å². The van der Waals surface area contributed by atoms with Crippen molar-refractivity contribution in [1.82, 2.24) is 4.98 Å². The molecule has 2 aromatic rings. The van der Waals surface area contributed by atoms with E-state index in [1.165, 1.54) is 9.75 Å². The fraction of sp³-hybridized carbons (Fsp3) is 0.182. The molecule has 0 aliphatic heterocycles. The molecule has 0 aliphatic rings. The number of anilines is 1. The van der Waals surface area contributed by atoms with Crippen molar-refractivity contribution in [2.75, 3.05) is 5.73 Å². The molecule has 2 nitrogen and oxygen atoms in total. The zero-order chi connectivity index (χ0) is 9.97. The monoisotopic (exact) mass is 204 g/mol. The molecule has 2 rings (SSSR count). The summed E-state index contributed by atoms with van der Waals surface area (Å²) < 4.78 is 0. The highest BCUT2D eigenvalue weighted by Gasteiger charge is 2.00. The Balaban J connectivity index is 2.18. The van der Waals surface area contributed by atoms with Gasteiger partial charge in [-0.25, -0.2) is 0 Å². The molecule has 0 saturated heterocycles. The van der Waals surface area contributed by atoms with Gasteiger partial charge in [0.25, 0.3) is 0 Å². The molecular formula is C11H12N2S. The number of thiophene rings is 1.